The van der Waals surface area contributed by atoms with Crippen molar-refractivity contribution < 1.29 is 9.53 Å². The summed E-state index contributed by atoms with van der Waals surface area (Å²) in [7, 11) is 0. The Morgan fingerprint density at radius 3 is 2.73 bits per heavy atom. The molecule has 0 aliphatic rings. The molecule has 1 aromatic heterocycles. The standard InChI is InChI=1S/C15H13Cl2N3O2/c1-2-22-14-12(16)6-10(7-13(14)17)8-19-20-15(21)11-4-3-5-18-9-11/h3-9H,2H2,1H3,(H,20,21)/b19-8-. The third-order valence-electron chi connectivity index (χ3n) is 2.61. The largest absolute Gasteiger partial charge is 0.491 e. The molecule has 0 fully saturated rings. The van der Waals surface area contributed by atoms with Gasteiger partial charge in [-0.25, -0.2) is 5.43 Å². The predicted octanol–water partition coefficient (Wildman–Crippen LogP) is 3.55. The zero-order valence-corrected chi connectivity index (χ0v) is 13.2. The molecule has 0 aliphatic heterocycles. The monoisotopic (exact) mass is 337 g/mol. The Morgan fingerprint density at radius 2 is 2.14 bits per heavy atom. The number of carbonyl (C=O) groups excluding carboxylic acids is 1. The third-order valence-corrected chi connectivity index (χ3v) is 3.17. The van der Waals surface area contributed by atoms with Crippen LogP contribution < -0.4 is 10.2 Å². The summed E-state index contributed by atoms with van der Waals surface area (Å²) < 4.78 is 5.34. The molecule has 5 nitrogen and oxygen atoms in total. The van der Waals surface area contributed by atoms with E-state index in [1.165, 1.54) is 12.4 Å². The normalized spacial score (nSPS) is 10.7. The second-order valence-electron chi connectivity index (χ2n) is 4.19. The van der Waals surface area contributed by atoms with Crippen molar-refractivity contribution in [2.24, 2.45) is 5.10 Å². The second-order valence-corrected chi connectivity index (χ2v) is 5.00. The fourth-order valence-electron chi connectivity index (χ4n) is 1.66. The number of hydrazone groups is 1. The molecule has 0 radical (unpaired) electrons. The van der Waals surface area contributed by atoms with E-state index in [9.17, 15) is 4.79 Å². The van der Waals surface area contributed by atoms with Crippen LogP contribution in [-0.4, -0.2) is 23.7 Å². The molecule has 2 rings (SSSR count). The van der Waals surface area contributed by atoms with Crippen molar-refractivity contribution in [3.05, 3.63) is 57.8 Å². The molecule has 2 aromatic rings. The van der Waals surface area contributed by atoms with Crippen LogP contribution in [0, 0.1) is 0 Å². The zero-order valence-electron chi connectivity index (χ0n) is 11.7. The summed E-state index contributed by atoms with van der Waals surface area (Å²) >= 11 is 12.2. The van der Waals surface area contributed by atoms with Crippen LogP contribution in [0.1, 0.15) is 22.8 Å². The van der Waals surface area contributed by atoms with Crippen molar-refractivity contribution in [3.8, 4) is 5.75 Å². The van der Waals surface area contributed by atoms with Crippen molar-refractivity contribution in [1.29, 1.82) is 0 Å². The van der Waals surface area contributed by atoms with Crippen LogP contribution in [0.3, 0.4) is 0 Å². The van der Waals surface area contributed by atoms with Gasteiger partial charge in [0.1, 0.15) is 0 Å². The highest BCUT2D eigenvalue weighted by atomic mass is 35.5. The smallest absolute Gasteiger partial charge is 0.272 e. The SMILES string of the molecule is CCOc1c(Cl)cc(/C=N\NC(=O)c2cccnc2)cc1Cl. The lowest BCUT2D eigenvalue weighted by Crippen LogP contribution is -2.17. The molecule has 0 bridgehead atoms. The number of amides is 1. The minimum absolute atomic E-state index is 0.354. The number of nitrogens with one attached hydrogen (secondary N) is 1. The molecule has 1 aromatic carbocycles. The Hall–Kier alpha value is -2.11. The molecule has 0 aliphatic carbocycles. The van der Waals surface area contributed by atoms with E-state index < -0.39 is 0 Å². The van der Waals surface area contributed by atoms with Crippen molar-refractivity contribution in [1.82, 2.24) is 10.4 Å². The van der Waals surface area contributed by atoms with Gasteiger partial charge in [-0.15, -0.1) is 0 Å². The molecular weight excluding hydrogens is 325 g/mol. The Kier molecular flexibility index (Phi) is 5.75. The van der Waals surface area contributed by atoms with Crippen molar-refractivity contribution in [2.45, 2.75) is 6.92 Å². The number of ether oxygens (including phenoxy) is 1. The highest BCUT2D eigenvalue weighted by Crippen LogP contribution is 2.33. The van der Waals surface area contributed by atoms with Gasteiger partial charge in [0.25, 0.3) is 5.91 Å². The van der Waals surface area contributed by atoms with Crippen LogP contribution in [0.4, 0.5) is 0 Å². The first-order valence-corrected chi connectivity index (χ1v) is 7.22. The Labute approximate surface area is 137 Å². The fraction of sp³-hybridized carbons (Fsp3) is 0.133. The first kappa shape index (κ1) is 16.3. The molecule has 0 atom stereocenters. The van der Waals surface area contributed by atoms with Gasteiger partial charge in [-0.1, -0.05) is 23.2 Å². The molecule has 1 heterocycles. The highest BCUT2D eigenvalue weighted by molar-refractivity contribution is 6.37. The van der Waals surface area contributed by atoms with E-state index in [1.54, 1.807) is 30.5 Å². The number of aromatic nitrogens is 1. The molecule has 0 saturated heterocycles. The lowest BCUT2D eigenvalue weighted by molar-refractivity contribution is 0.0955. The molecular formula is C15H13Cl2N3O2. The van der Waals surface area contributed by atoms with Gasteiger partial charge in [-0.05, 0) is 36.8 Å². The zero-order chi connectivity index (χ0) is 15.9. The highest BCUT2D eigenvalue weighted by Gasteiger charge is 2.08. The first-order chi connectivity index (χ1) is 10.6. The summed E-state index contributed by atoms with van der Waals surface area (Å²) in [6.07, 6.45) is 4.49. The molecule has 0 unspecified atom stereocenters. The van der Waals surface area contributed by atoms with E-state index in [2.05, 4.69) is 15.5 Å². The van der Waals surface area contributed by atoms with Crippen LogP contribution >= 0.6 is 23.2 Å². The minimum Gasteiger partial charge on any atom is -0.491 e. The molecule has 1 amide bonds. The van der Waals surface area contributed by atoms with Gasteiger partial charge in [0.2, 0.25) is 0 Å². The maximum Gasteiger partial charge on any atom is 0.272 e. The Bertz CT molecular complexity index is 667. The van der Waals surface area contributed by atoms with Gasteiger partial charge < -0.3 is 4.74 Å². The van der Waals surface area contributed by atoms with Crippen LogP contribution in [-0.2, 0) is 0 Å². The molecule has 22 heavy (non-hydrogen) atoms. The summed E-state index contributed by atoms with van der Waals surface area (Å²) in [5.74, 6) is 0.0786. The number of halogens is 2. The maximum atomic E-state index is 11.8. The first-order valence-electron chi connectivity index (χ1n) is 6.47. The van der Waals surface area contributed by atoms with Gasteiger partial charge in [0.05, 0.1) is 28.4 Å². The minimum atomic E-state index is -0.354. The van der Waals surface area contributed by atoms with Crippen LogP contribution in [0.2, 0.25) is 10.0 Å². The summed E-state index contributed by atoms with van der Waals surface area (Å²) in [6, 6.07) is 6.61. The second kappa shape index (κ2) is 7.77. The van der Waals surface area contributed by atoms with Gasteiger partial charge in [0, 0.05) is 12.4 Å². The number of hydrogen-bond donors (Lipinski definition) is 1. The number of benzene rings is 1. The average Bonchev–Trinajstić information content (AvgIpc) is 2.51. The molecule has 0 spiro atoms. The van der Waals surface area contributed by atoms with E-state index in [1.807, 2.05) is 6.92 Å². The summed E-state index contributed by atoms with van der Waals surface area (Å²) in [4.78, 5) is 15.6. The summed E-state index contributed by atoms with van der Waals surface area (Å²) in [5, 5.41) is 4.63. The lowest BCUT2D eigenvalue weighted by Gasteiger charge is -2.08. The van der Waals surface area contributed by atoms with Gasteiger partial charge in [-0.2, -0.15) is 5.10 Å². The van der Waals surface area contributed by atoms with Crippen molar-refractivity contribution >= 4 is 35.3 Å². The van der Waals surface area contributed by atoms with E-state index in [4.69, 9.17) is 27.9 Å². The predicted molar refractivity (Wildman–Crippen MR) is 86.9 cm³/mol. The van der Waals surface area contributed by atoms with E-state index in [0.29, 0.717) is 33.5 Å². The lowest BCUT2D eigenvalue weighted by atomic mass is 10.2. The van der Waals surface area contributed by atoms with E-state index in [-0.39, 0.29) is 5.91 Å². The van der Waals surface area contributed by atoms with Gasteiger partial charge in [0.15, 0.2) is 5.75 Å². The number of rotatable bonds is 5. The summed E-state index contributed by atoms with van der Waals surface area (Å²) in [6.45, 7) is 2.31. The summed E-state index contributed by atoms with van der Waals surface area (Å²) in [5.41, 5.74) is 3.46. The van der Waals surface area contributed by atoms with Crippen molar-refractivity contribution in [3.63, 3.8) is 0 Å². The van der Waals surface area contributed by atoms with Crippen LogP contribution in [0.25, 0.3) is 0 Å². The third kappa shape index (κ3) is 4.19. The van der Waals surface area contributed by atoms with Gasteiger partial charge in [-0.3, -0.25) is 9.78 Å². The maximum absolute atomic E-state index is 11.8. The molecule has 1 N–H and O–H groups in total. The number of carbonyl (C=O) groups is 1. The number of hydrogen-bond acceptors (Lipinski definition) is 4. The molecule has 114 valence electrons. The van der Waals surface area contributed by atoms with E-state index in [0.717, 1.165) is 0 Å². The quantitative estimate of drug-likeness (QED) is 0.670. The number of nitrogens with zero attached hydrogens (tertiary/aromatic N) is 2. The van der Waals surface area contributed by atoms with Crippen molar-refractivity contribution in [2.75, 3.05) is 6.61 Å². The molecule has 7 heteroatoms. The number of pyridine rings is 1. The average molecular weight is 338 g/mol. The van der Waals surface area contributed by atoms with Gasteiger partial charge >= 0.3 is 0 Å². The molecule has 0 saturated carbocycles. The fourth-order valence-corrected chi connectivity index (χ4v) is 2.28. The Balaban J connectivity index is 2.06. The topological polar surface area (TPSA) is 63.6 Å². The van der Waals surface area contributed by atoms with E-state index >= 15 is 0 Å². The van der Waals surface area contributed by atoms with Crippen LogP contribution in [0.15, 0.2) is 41.8 Å². The van der Waals surface area contributed by atoms with Crippen LogP contribution in [0.5, 0.6) is 5.75 Å². The Morgan fingerprint density at radius 1 is 1.41 bits per heavy atom.